The van der Waals surface area contributed by atoms with Crippen LogP contribution in [0, 0.1) is 5.82 Å². The first kappa shape index (κ1) is 11.6. The van der Waals surface area contributed by atoms with Gasteiger partial charge in [-0.05, 0) is 30.7 Å². The molecule has 2 rings (SSSR count). The highest BCUT2D eigenvalue weighted by atomic mass is 35.5. The van der Waals surface area contributed by atoms with Crippen LogP contribution in [0.1, 0.15) is 18.4 Å². The minimum atomic E-state index is -0.400. The third-order valence-corrected chi connectivity index (χ3v) is 3.03. The predicted molar refractivity (Wildman–Crippen MR) is 60.9 cm³/mol. The van der Waals surface area contributed by atoms with Crippen LogP contribution in [0.4, 0.5) is 4.39 Å². The molecule has 0 N–H and O–H groups in total. The summed E-state index contributed by atoms with van der Waals surface area (Å²) in [5, 5.41) is 0.137. The van der Waals surface area contributed by atoms with Crippen molar-refractivity contribution >= 4 is 17.4 Å². The van der Waals surface area contributed by atoms with Crippen LogP contribution in [-0.2, 0) is 11.3 Å². The van der Waals surface area contributed by atoms with Crippen LogP contribution in [0.3, 0.4) is 0 Å². The van der Waals surface area contributed by atoms with Crippen molar-refractivity contribution in [1.29, 1.82) is 0 Å². The van der Waals surface area contributed by atoms with Gasteiger partial charge in [0.15, 0.2) is 0 Å². The zero-order chi connectivity index (χ0) is 11.5. The number of rotatable bonds is 2. The minimum Gasteiger partial charge on any atom is -0.298 e. The Morgan fingerprint density at radius 2 is 2.25 bits per heavy atom. The average molecular weight is 242 g/mol. The first-order valence-corrected chi connectivity index (χ1v) is 5.71. The second kappa shape index (κ2) is 4.93. The highest BCUT2D eigenvalue weighted by Gasteiger charge is 2.16. The van der Waals surface area contributed by atoms with Gasteiger partial charge in [-0.25, -0.2) is 4.39 Å². The molecule has 1 aromatic rings. The minimum absolute atomic E-state index is 0.137. The molecule has 4 heteroatoms. The van der Waals surface area contributed by atoms with Gasteiger partial charge >= 0.3 is 0 Å². The first-order chi connectivity index (χ1) is 7.65. The van der Waals surface area contributed by atoms with Crippen molar-refractivity contribution in [3.05, 3.63) is 34.6 Å². The lowest BCUT2D eigenvalue weighted by Crippen LogP contribution is -2.34. The van der Waals surface area contributed by atoms with Crippen molar-refractivity contribution in [2.24, 2.45) is 0 Å². The summed E-state index contributed by atoms with van der Waals surface area (Å²) in [6.07, 6.45) is 1.57. The number of ketones is 1. The molecule has 0 aliphatic carbocycles. The number of Topliss-reactive ketones (excluding diaryl/α,β-unsaturated/α-hetero) is 1. The first-order valence-electron chi connectivity index (χ1n) is 5.33. The number of likely N-dealkylation sites (tertiary alicyclic amines) is 1. The second-order valence-corrected chi connectivity index (χ2v) is 4.51. The Labute approximate surface area is 99.0 Å². The van der Waals surface area contributed by atoms with E-state index in [0.717, 1.165) is 18.5 Å². The smallest absolute Gasteiger partial charge is 0.146 e. The van der Waals surface area contributed by atoms with Crippen molar-refractivity contribution in [3.8, 4) is 0 Å². The quantitative estimate of drug-likeness (QED) is 0.794. The number of benzene rings is 1. The number of carbonyl (C=O) groups excluding carboxylic acids is 1. The van der Waals surface area contributed by atoms with E-state index in [0.29, 0.717) is 19.5 Å². The lowest BCUT2D eigenvalue weighted by Gasteiger charge is -2.25. The van der Waals surface area contributed by atoms with Crippen molar-refractivity contribution < 1.29 is 9.18 Å². The van der Waals surface area contributed by atoms with Gasteiger partial charge in [0.25, 0.3) is 0 Å². The Balaban J connectivity index is 2.03. The van der Waals surface area contributed by atoms with Crippen molar-refractivity contribution in [1.82, 2.24) is 4.90 Å². The van der Waals surface area contributed by atoms with E-state index in [1.807, 2.05) is 4.90 Å². The van der Waals surface area contributed by atoms with E-state index in [1.165, 1.54) is 6.07 Å². The normalized spacial score (nSPS) is 17.8. The van der Waals surface area contributed by atoms with E-state index in [4.69, 9.17) is 11.6 Å². The molecule has 0 amide bonds. The molecule has 0 unspecified atom stereocenters. The maximum atomic E-state index is 13.2. The van der Waals surface area contributed by atoms with E-state index in [2.05, 4.69) is 0 Å². The molecule has 1 aliphatic rings. The molecule has 1 heterocycles. The SMILES string of the molecule is O=C1CCCN(Cc2ccc(Cl)c(F)c2)C1. The van der Waals surface area contributed by atoms with Crippen molar-refractivity contribution in [3.63, 3.8) is 0 Å². The Bertz CT molecular complexity index is 408. The van der Waals surface area contributed by atoms with Crippen molar-refractivity contribution in [2.75, 3.05) is 13.1 Å². The van der Waals surface area contributed by atoms with Gasteiger partial charge in [-0.1, -0.05) is 17.7 Å². The van der Waals surface area contributed by atoms with Gasteiger partial charge in [-0.2, -0.15) is 0 Å². The topological polar surface area (TPSA) is 20.3 Å². The molecule has 0 atom stereocenters. The van der Waals surface area contributed by atoms with Crippen LogP contribution in [0.2, 0.25) is 5.02 Å². The molecule has 0 saturated carbocycles. The van der Waals surface area contributed by atoms with Crippen molar-refractivity contribution in [2.45, 2.75) is 19.4 Å². The van der Waals surface area contributed by atoms with E-state index >= 15 is 0 Å². The summed E-state index contributed by atoms with van der Waals surface area (Å²) < 4.78 is 13.2. The maximum absolute atomic E-state index is 13.2. The Morgan fingerprint density at radius 3 is 2.94 bits per heavy atom. The Hall–Kier alpha value is -0.930. The van der Waals surface area contributed by atoms with Gasteiger partial charge in [0.2, 0.25) is 0 Å². The summed E-state index contributed by atoms with van der Waals surface area (Å²) in [6, 6.07) is 4.78. The van der Waals surface area contributed by atoms with Crippen LogP contribution in [0.5, 0.6) is 0 Å². The van der Waals surface area contributed by atoms with Crippen LogP contribution in [0.15, 0.2) is 18.2 Å². The molecule has 0 bridgehead atoms. The summed E-state index contributed by atoms with van der Waals surface area (Å²) in [6.45, 7) is 1.99. The predicted octanol–water partition coefficient (Wildman–Crippen LogP) is 2.64. The van der Waals surface area contributed by atoms with Crippen LogP contribution in [-0.4, -0.2) is 23.8 Å². The zero-order valence-electron chi connectivity index (χ0n) is 8.88. The second-order valence-electron chi connectivity index (χ2n) is 4.10. The lowest BCUT2D eigenvalue weighted by atomic mass is 10.1. The molecule has 86 valence electrons. The molecule has 1 aromatic carbocycles. The number of carbonyl (C=O) groups is 1. The summed E-state index contributed by atoms with van der Waals surface area (Å²) in [5.41, 5.74) is 0.858. The fraction of sp³-hybridized carbons (Fsp3) is 0.417. The third-order valence-electron chi connectivity index (χ3n) is 2.72. The monoisotopic (exact) mass is 241 g/mol. The van der Waals surface area contributed by atoms with E-state index in [1.54, 1.807) is 12.1 Å². The van der Waals surface area contributed by atoms with Gasteiger partial charge in [0.1, 0.15) is 11.6 Å². The number of halogens is 2. The molecule has 0 aromatic heterocycles. The number of piperidine rings is 1. The standard InChI is InChI=1S/C12H13ClFNO/c13-11-4-3-9(6-12(11)14)7-15-5-1-2-10(16)8-15/h3-4,6H,1-2,5,7-8H2. The van der Waals surface area contributed by atoms with Crippen LogP contribution < -0.4 is 0 Å². The maximum Gasteiger partial charge on any atom is 0.146 e. The molecule has 0 radical (unpaired) electrons. The molecule has 16 heavy (non-hydrogen) atoms. The van der Waals surface area contributed by atoms with Gasteiger partial charge in [0.05, 0.1) is 11.6 Å². The van der Waals surface area contributed by atoms with E-state index in [9.17, 15) is 9.18 Å². The number of hydrogen-bond acceptors (Lipinski definition) is 2. The largest absolute Gasteiger partial charge is 0.298 e. The molecule has 1 aliphatic heterocycles. The van der Waals surface area contributed by atoms with E-state index < -0.39 is 5.82 Å². The molecule has 1 fully saturated rings. The van der Waals surface area contributed by atoms with Gasteiger partial charge in [-0.3, -0.25) is 9.69 Å². The fourth-order valence-corrected chi connectivity index (χ4v) is 2.06. The van der Waals surface area contributed by atoms with Gasteiger partial charge in [0, 0.05) is 13.0 Å². The van der Waals surface area contributed by atoms with E-state index in [-0.39, 0.29) is 10.8 Å². The lowest BCUT2D eigenvalue weighted by molar-refractivity contribution is -0.122. The number of nitrogens with zero attached hydrogens (tertiary/aromatic N) is 1. The summed E-state index contributed by atoms with van der Waals surface area (Å²) in [4.78, 5) is 13.3. The molecule has 0 spiro atoms. The van der Waals surface area contributed by atoms with Gasteiger partial charge < -0.3 is 0 Å². The van der Waals surface area contributed by atoms with Gasteiger partial charge in [-0.15, -0.1) is 0 Å². The van der Waals surface area contributed by atoms with Crippen LogP contribution >= 0.6 is 11.6 Å². The average Bonchev–Trinajstić information content (AvgIpc) is 2.24. The third kappa shape index (κ3) is 2.80. The highest BCUT2D eigenvalue weighted by molar-refractivity contribution is 6.30. The fourth-order valence-electron chi connectivity index (χ4n) is 1.94. The summed E-state index contributed by atoms with van der Waals surface area (Å²) >= 11 is 5.60. The Morgan fingerprint density at radius 1 is 1.44 bits per heavy atom. The molecule has 2 nitrogen and oxygen atoms in total. The summed E-state index contributed by atoms with van der Waals surface area (Å²) in [5.74, 6) is -0.136. The zero-order valence-corrected chi connectivity index (χ0v) is 9.63. The number of hydrogen-bond donors (Lipinski definition) is 0. The Kier molecular flexibility index (Phi) is 3.56. The molecular formula is C12H13ClFNO. The molecular weight excluding hydrogens is 229 g/mol. The van der Waals surface area contributed by atoms with Crippen LogP contribution in [0.25, 0.3) is 0 Å². The molecule has 1 saturated heterocycles. The highest BCUT2D eigenvalue weighted by Crippen LogP contribution is 2.17. The summed E-state index contributed by atoms with van der Waals surface area (Å²) in [7, 11) is 0.